The first kappa shape index (κ1) is 14.1. The van der Waals surface area contributed by atoms with Crippen LogP contribution < -0.4 is 5.32 Å². The highest BCUT2D eigenvalue weighted by Gasteiger charge is 2.11. The third-order valence-electron chi connectivity index (χ3n) is 3.24. The third-order valence-corrected chi connectivity index (χ3v) is 3.74. The molecular formula is C16H18BrNO. The van der Waals surface area contributed by atoms with E-state index in [2.05, 4.69) is 47.2 Å². The molecule has 2 aromatic rings. The van der Waals surface area contributed by atoms with E-state index in [-0.39, 0.29) is 12.1 Å². The molecule has 2 N–H and O–H groups in total. The van der Waals surface area contributed by atoms with Gasteiger partial charge in [-0.1, -0.05) is 40.2 Å². The molecule has 0 radical (unpaired) electrons. The van der Waals surface area contributed by atoms with Crippen molar-refractivity contribution in [3.8, 4) is 5.75 Å². The van der Waals surface area contributed by atoms with Crippen LogP contribution in [0, 0.1) is 0 Å². The summed E-state index contributed by atoms with van der Waals surface area (Å²) in [5, 5.41) is 12.9. The number of hydrogen-bond acceptors (Lipinski definition) is 2. The first-order valence-electron chi connectivity index (χ1n) is 6.36. The van der Waals surface area contributed by atoms with Crippen molar-refractivity contribution in [3.63, 3.8) is 0 Å². The Morgan fingerprint density at radius 3 is 2.21 bits per heavy atom. The molecule has 0 heterocycles. The molecule has 0 amide bonds. The molecule has 100 valence electrons. The molecule has 0 spiro atoms. The van der Waals surface area contributed by atoms with Gasteiger partial charge < -0.3 is 10.4 Å². The summed E-state index contributed by atoms with van der Waals surface area (Å²) in [6, 6.07) is 16.1. The zero-order chi connectivity index (χ0) is 13.8. The quantitative estimate of drug-likeness (QED) is 0.865. The number of aromatic hydroxyl groups is 1. The fourth-order valence-electron chi connectivity index (χ4n) is 2.11. The van der Waals surface area contributed by atoms with Gasteiger partial charge in [0.25, 0.3) is 0 Å². The highest BCUT2D eigenvalue weighted by molar-refractivity contribution is 9.10. The minimum Gasteiger partial charge on any atom is -0.508 e. The molecule has 0 aromatic heterocycles. The van der Waals surface area contributed by atoms with Crippen LogP contribution in [-0.4, -0.2) is 5.11 Å². The molecular weight excluding hydrogens is 302 g/mol. The number of rotatable bonds is 4. The number of benzene rings is 2. The monoisotopic (exact) mass is 319 g/mol. The first-order chi connectivity index (χ1) is 9.06. The smallest absolute Gasteiger partial charge is 0.115 e. The number of phenolic OH excluding ortho intramolecular Hbond substituents is 1. The van der Waals surface area contributed by atoms with E-state index in [0.717, 1.165) is 4.47 Å². The Morgan fingerprint density at radius 1 is 0.947 bits per heavy atom. The summed E-state index contributed by atoms with van der Waals surface area (Å²) in [6.07, 6.45) is 0. The summed E-state index contributed by atoms with van der Waals surface area (Å²) >= 11 is 3.49. The lowest BCUT2D eigenvalue weighted by Crippen LogP contribution is -2.22. The van der Waals surface area contributed by atoms with Crippen LogP contribution in [-0.2, 0) is 0 Å². The molecule has 2 rings (SSSR count). The Labute approximate surface area is 122 Å². The second-order valence-corrected chi connectivity index (χ2v) is 5.67. The zero-order valence-electron chi connectivity index (χ0n) is 11.1. The summed E-state index contributed by atoms with van der Waals surface area (Å²) in [7, 11) is 0. The average molecular weight is 320 g/mol. The van der Waals surface area contributed by atoms with Gasteiger partial charge in [0, 0.05) is 16.6 Å². The molecule has 2 nitrogen and oxygen atoms in total. The van der Waals surface area contributed by atoms with E-state index in [9.17, 15) is 5.11 Å². The van der Waals surface area contributed by atoms with Crippen LogP contribution in [0.25, 0.3) is 0 Å². The minimum atomic E-state index is 0.231. The van der Waals surface area contributed by atoms with Crippen molar-refractivity contribution >= 4 is 15.9 Å². The summed E-state index contributed by atoms with van der Waals surface area (Å²) < 4.78 is 1.09. The van der Waals surface area contributed by atoms with Gasteiger partial charge in [-0.15, -0.1) is 0 Å². The van der Waals surface area contributed by atoms with Gasteiger partial charge in [-0.05, 0) is 49.2 Å². The summed E-state index contributed by atoms with van der Waals surface area (Å²) in [5.41, 5.74) is 2.42. The summed E-state index contributed by atoms with van der Waals surface area (Å²) in [5.74, 6) is 0.302. The molecule has 0 bridgehead atoms. The molecule has 3 heteroatoms. The van der Waals surface area contributed by atoms with Gasteiger partial charge in [-0.3, -0.25) is 0 Å². The Kier molecular flexibility index (Phi) is 4.61. The van der Waals surface area contributed by atoms with Crippen molar-refractivity contribution in [1.29, 1.82) is 0 Å². The lowest BCUT2D eigenvalue weighted by atomic mass is 10.0. The van der Waals surface area contributed by atoms with E-state index < -0.39 is 0 Å². The first-order valence-corrected chi connectivity index (χ1v) is 7.16. The molecule has 0 aliphatic rings. The molecule has 2 aromatic carbocycles. The van der Waals surface area contributed by atoms with Gasteiger partial charge in [0.15, 0.2) is 0 Å². The Balaban J connectivity index is 2.06. The molecule has 0 saturated heterocycles. The highest BCUT2D eigenvalue weighted by atomic mass is 79.9. The van der Waals surface area contributed by atoms with E-state index in [1.807, 2.05) is 24.3 Å². The Hall–Kier alpha value is -1.32. The van der Waals surface area contributed by atoms with Crippen LogP contribution in [0.3, 0.4) is 0 Å². The fraction of sp³-hybridized carbons (Fsp3) is 0.250. The minimum absolute atomic E-state index is 0.231. The van der Waals surface area contributed by atoms with Crippen molar-refractivity contribution < 1.29 is 5.11 Å². The second-order valence-electron chi connectivity index (χ2n) is 4.76. The normalized spacial score (nSPS) is 14.1. The Bertz CT molecular complexity index is 539. The predicted octanol–water partition coefficient (Wildman–Crippen LogP) is 4.57. The lowest BCUT2D eigenvalue weighted by molar-refractivity contribution is 0.472. The molecule has 0 aliphatic heterocycles. The van der Waals surface area contributed by atoms with Crippen LogP contribution in [0.1, 0.15) is 37.1 Å². The topological polar surface area (TPSA) is 32.3 Å². The predicted molar refractivity (Wildman–Crippen MR) is 82.2 cm³/mol. The molecule has 0 saturated carbocycles. The zero-order valence-corrected chi connectivity index (χ0v) is 12.7. The second kappa shape index (κ2) is 6.22. The van der Waals surface area contributed by atoms with Crippen LogP contribution in [0.5, 0.6) is 5.75 Å². The van der Waals surface area contributed by atoms with Crippen LogP contribution >= 0.6 is 15.9 Å². The van der Waals surface area contributed by atoms with Crippen LogP contribution in [0.15, 0.2) is 53.0 Å². The number of hydrogen-bond donors (Lipinski definition) is 2. The maximum atomic E-state index is 9.30. The maximum Gasteiger partial charge on any atom is 0.115 e. The molecule has 0 aliphatic carbocycles. The molecule has 2 atom stereocenters. The number of halogens is 1. The van der Waals surface area contributed by atoms with Crippen LogP contribution in [0.2, 0.25) is 0 Å². The lowest BCUT2D eigenvalue weighted by Gasteiger charge is -2.21. The molecule has 2 unspecified atom stereocenters. The van der Waals surface area contributed by atoms with Crippen molar-refractivity contribution in [2.45, 2.75) is 25.9 Å². The van der Waals surface area contributed by atoms with Gasteiger partial charge in [0.1, 0.15) is 5.75 Å². The summed E-state index contributed by atoms with van der Waals surface area (Å²) in [4.78, 5) is 0. The van der Waals surface area contributed by atoms with Gasteiger partial charge in [-0.2, -0.15) is 0 Å². The number of phenols is 1. The van der Waals surface area contributed by atoms with Crippen molar-refractivity contribution in [2.75, 3.05) is 0 Å². The third kappa shape index (κ3) is 3.82. The van der Waals surface area contributed by atoms with Gasteiger partial charge in [-0.25, -0.2) is 0 Å². The highest BCUT2D eigenvalue weighted by Crippen LogP contribution is 2.22. The number of nitrogens with one attached hydrogen (secondary N) is 1. The van der Waals surface area contributed by atoms with Crippen LogP contribution in [0.4, 0.5) is 0 Å². The van der Waals surface area contributed by atoms with Crippen molar-refractivity contribution in [2.24, 2.45) is 0 Å². The van der Waals surface area contributed by atoms with Gasteiger partial charge in [0.05, 0.1) is 0 Å². The van der Waals surface area contributed by atoms with Gasteiger partial charge >= 0.3 is 0 Å². The summed E-state index contributed by atoms with van der Waals surface area (Å²) in [6.45, 7) is 4.28. The van der Waals surface area contributed by atoms with Crippen molar-refractivity contribution in [1.82, 2.24) is 5.32 Å². The Morgan fingerprint density at radius 2 is 1.58 bits per heavy atom. The maximum absolute atomic E-state index is 9.30. The standard InChI is InChI=1S/C16H18BrNO/c1-11(13-6-8-16(19)9-7-13)18-12(2)14-4-3-5-15(17)10-14/h3-12,18-19H,1-2H3. The SMILES string of the molecule is CC(NC(C)c1cccc(Br)c1)c1ccc(O)cc1. The van der Waals surface area contributed by atoms with E-state index in [1.54, 1.807) is 12.1 Å². The van der Waals surface area contributed by atoms with E-state index in [0.29, 0.717) is 5.75 Å². The molecule has 0 fully saturated rings. The largest absolute Gasteiger partial charge is 0.508 e. The van der Waals surface area contributed by atoms with E-state index in [1.165, 1.54) is 11.1 Å². The van der Waals surface area contributed by atoms with E-state index in [4.69, 9.17) is 0 Å². The van der Waals surface area contributed by atoms with Crippen molar-refractivity contribution in [3.05, 3.63) is 64.1 Å². The fourth-order valence-corrected chi connectivity index (χ4v) is 2.52. The van der Waals surface area contributed by atoms with Gasteiger partial charge in [0.2, 0.25) is 0 Å². The molecule has 19 heavy (non-hydrogen) atoms. The average Bonchev–Trinajstić information content (AvgIpc) is 2.39. The van der Waals surface area contributed by atoms with E-state index >= 15 is 0 Å².